The Balaban J connectivity index is 2.25. The minimum atomic E-state index is 0.129. The zero-order chi connectivity index (χ0) is 9.26. The maximum atomic E-state index is 11.3. The van der Waals surface area contributed by atoms with Gasteiger partial charge in [-0.05, 0) is 18.9 Å². The van der Waals surface area contributed by atoms with Crippen molar-refractivity contribution in [1.82, 2.24) is 9.97 Å². The highest BCUT2D eigenvalue weighted by Gasteiger charge is 2.23. The first kappa shape index (κ1) is 8.16. The van der Waals surface area contributed by atoms with Gasteiger partial charge < -0.3 is 0 Å². The second kappa shape index (κ2) is 3.12. The number of rotatable bonds is 1. The summed E-state index contributed by atoms with van der Waals surface area (Å²) in [5, 5.41) is 0. The standard InChI is InChI=1S/C9H11N3O/c1-7-5-10-9(11-6-7)12-4-2-3-8(12)13/h5-6H,2-4H2,1H3. The highest BCUT2D eigenvalue weighted by Crippen LogP contribution is 2.15. The first-order valence-electron chi connectivity index (χ1n) is 4.36. The van der Waals surface area contributed by atoms with Gasteiger partial charge in [-0.2, -0.15) is 0 Å². The summed E-state index contributed by atoms with van der Waals surface area (Å²) in [7, 11) is 0. The number of carbonyl (C=O) groups excluding carboxylic acids is 1. The van der Waals surface area contributed by atoms with Crippen LogP contribution in [-0.2, 0) is 4.79 Å². The lowest BCUT2D eigenvalue weighted by molar-refractivity contribution is -0.117. The van der Waals surface area contributed by atoms with Crippen molar-refractivity contribution < 1.29 is 4.79 Å². The van der Waals surface area contributed by atoms with Gasteiger partial charge in [0.05, 0.1) is 0 Å². The van der Waals surface area contributed by atoms with Gasteiger partial charge in [-0.25, -0.2) is 9.97 Å². The number of aryl methyl sites for hydroxylation is 1. The molecule has 1 aliphatic rings. The molecule has 13 heavy (non-hydrogen) atoms. The molecule has 0 aliphatic carbocycles. The largest absolute Gasteiger partial charge is 0.281 e. The molecule has 0 saturated carbocycles. The first-order chi connectivity index (χ1) is 6.27. The van der Waals surface area contributed by atoms with E-state index in [1.165, 1.54) is 0 Å². The summed E-state index contributed by atoms with van der Waals surface area (Å²) in [6.07, 6.45) is 5.00. The summed E-state index contributed by atoms with van der Waals surface area (Å²) in [5.41, 5.74) is 1.01. The number of hydrogen-bond donors (Lipinski definition) is 0. The molecule has 0 radical (unpaired) electrons. The number of nitrogens with zero attached hydrogens (tertiary/aromatic N) is 3. The van der Waals surface area contributed by atoms with E-state index in [4.69, 9.17) is 0 Å². The van der Waals surface area contributed by atoms with Crippen LogP contribution < -0.4 is 4.90 Å². The average Bonchev–Trinajstić information content (AvgIpc) is 2.53. The zero-order valence-corrected chi connectivity index (χ0v) is 7.53. The molecule has 0 aromatic carbocycles. The Morgan fingerprint density at radius 3 is 2.62 bits per heavy atom. The molecule has 1 fully saturated rings. The topological polar surface area (TPSA) is 46.1 Å². The molecule has 0 atom stereocenters. The van der Waals surface area contributed by atoms with Gasteiger partial charge in [-0.15, -0.1) is 0 Å². The van der Waals surface area contributed by atoms with Gasteiger partial charge >= 0.3 is 0 Å². The number of amides is 1. The first-order valence-corrected chi connectivity index (χ1v) is 4.36. The molecular weight excluding hydrogens is 166 g/mol. The van der Waals surface area contributed by atoms with E-state index >= 15 is 0 Å². The van der Waals surface area contributed by atoms with Gasteiger partial charge in [0.1, 0.15) is 0 Å². The summed E-state index contributed by atoms with van der Waals surface area (Å²) in [6.45, 7) is 2.68. The number of anilines is 1. The van der Waals surface area contributed by atoms with Crippen molar-refractivity contribution in [2.45, 2.75) is 19.8 Å². The second-order valence-electron chi connectivity index (χ2n) is 3.21. The molecule has 1 saturated heterocycles. The van der Waals surface area contributed by atoms with E-state index in [2.05, 4.69) is 9.97 Å². The summed E-state index contributed by atoms with van der Waals surface area (Å²) in [4.78, 5) is 21.2. The molecule has 0 bridgehead atoms. The minimum Gasteiger partial charge on any atom is -0.281 e. The van der Waals surface area contributed by atoms with Gasteiger partial charge in [0.25, 0.3) is 0 Å². The summed E-state index contributed by atoms with van der Waals surface area (Å²) < 4.78 is 0. The number of carbonyl (C=O) groups is 1. The van der Waals surface area contributed by atoms with Gasteiger partial charge in [-0.1, -0.05) is 0 Å². The molecule has 4 nitrogen and oxygen atoms in total. The summed E-state index contributed by atoms with van der Waals surface area (Å²) in [5.74, 6) is 0.664. The van der Waals surface area contributed by atoms with Crippen LogP contribution in [0.2, 0.25) is 0 Å². The predicted molar refractivity (Wildman–Crippen MR) is 48.4 cm³/mol. The smallest absolute Gasteiger partial charge is 0.232 e. The highest BCUT2D eigenvalue weighted by atomic mass is 16.2. The third kappa shape index (κ3) is 1.52. The lowest BCUT2D eigenvalue weighted by Crippen LogP contribution is -2.25. The van der Waals surface area contributed by atoms with E-state index in [1.807, 2.05) is 6.92 Å². The fraction of sp³-hybridized carbons (Fsp3) is 0.444. The molecule has 1 aromatic heterocycles. The second-order valence-corrected chi connectivity index (χ2v) is 3.21. The molecule has 4 heteroatoms. The van der Waals surface area contributed by atoms with Crippen LogP contribution in [-0.4, -0.2) is 22.4 Å². The van der Waals surface area contributed by atoms with Gasteiger partial charge in [0.15, 0.2) is 0 Å². The van der Waals surface area contributed by atoms with Crippen LogP contribution >= 0.6 is 0 Å². The molecule has 0 N–H and O–H groups in total. The third-order valence-corrected chi connectivity index (χ3v) is 2.08. The molecule has 0 spiro atoms. The molecule has 2 heterocycles. The highest BCUT2D eigenvalue weighted by molar-refractivity contribution is 5.93. The quantitative estimate of drug-likeness (QED) is 0.640. The van der Waals surface area contributed by atoms with E-state index in [1.54, 1.807) is 17.3 Å². The fourth-order valence-electron chi connectivity index (χ4n) is 1.38. The molecule has 2 rings (SSSR count). The zero-order valence-electron chi connectivity index (χ0n) is 7.53. The molecule has 1 aromatic rings. The van der Waals surface area contributed by atoms with E-state index in [0.717, 1.165) is 18.5 Å². The van der Waals surface area contributed by atoms with Crippen LogP contribution in [0, 0.1) is 6.92 Å². The van der Waals surface area contributed by atoms with E-state index in [9.17, 15) is 4.79 Å². The summed E-state index contributed by atoms with van der Waals surface area (Å²) in [6, 6.07) is 0. The molecule has 1 amide bonds. The van der Waals surface area contributed by atoms with E-state index in [-0.39, 0.29) is 5.91 Å². The Morgan fingerprint density at radius 2 is 2.08 bits per heavy atom. The third-order valence-electron chi connectivity index (χ3n) is 2.08. The van der Waals surface area contributed by atoms with Gasteiger partial charge in [-0.3, -0.25) is 9.69 Å². The Morgan fingerprint density at radius 1 is 1.38 bits per heavy atom. The number of hydrogen-bond acceptors (Lipinski definition) is 3. The minimum absolute atomic E-state index is 0.129. The van der Waals surface area contributed by atoms with E-state index < -0.39 is 0 Å². The van der Waals surface area contributed by atoms with Gasteiger partial charge in [0.2, 0.25) is 11.9 Å². The molecule has 1 aliphatic heterocycles. The van der Waals surface area contributed by atoms with E-state index in [0.29, 0.717) is 12.4 Å². The average molecular weight is 177 g/mol. The lowest BCUT2D eigenvalue weighted by Gasteiger charge is -2.12. The fourth-order valence-corrected chi connectivity index (χ4v) is 1.38. The molecular formula is C9H11N3O. The van der Waals surface area contributed by atoms with Crippen molar-refractivity contribution in [3.05, 3.63) is 18.0 Å². The van der Waals surface area contributed by atoms with Crippen molar-refractivity contribution in [3.8, 4) is 0 Å². The lowest BCUT2D eigenvalue weighted by atomic mass is 10.4. The van der Waals surface area contributed by atoms with Crippen molar-refractivity contribution in [3.63, 3.8) is 0 Å². The van der Waals surface area contributed by atoms with Crippen LogP contribution in [0.1, 0.15) is 18.4 Å². The van der Waals surface area contributed by atoms with Crippen molar-refractivity contribution in [2.75, 3.05) is 11.4 Å². The normalized spacial score (nSPS) is 16.7. The van der Waals surface area contributed by atoms with Crippen LogP contribution in [0.15, 0.2) is 12.4 Å². The monoisotopic (exact) mass is 177 g/mol. The van der Waals surface area contributed by atoms with Crippen molar-refractivity contribution >= 4 is 11.9 Å². The Bertz CT molecular complexity index is 320. The number of aromatic nitrogens is 2. The Labute approximate surface area is 76.6 Å². The van der Waals surface area contributed by atoms with Crippen molar-refractivity contribution in [1.29, 1.82) is 0 Å². The molecule has 68 valence electrons. The van der Waals surface area contributed by atoms with Crippen LogP contribution in [0.5, 0.6) is 0 Å². The Hall–Kier alpha value is -1.45. The Kier molecular flexibility index (Phi) is 1.96. The van der Waals surface area contributed by atoms with Crippen molar-refractivity contribution in [2.24, 2.45) is 0 Å². The maximum absolute atomic E-state index is 11.3. The predicted octanol–water partition coefficient (Wildman–Crippen LogP) is 0.912. The molecule has 0 unspecified atom stereocenters. The van der Waals surface area contributed by atoms with Crippen LogP contribution in [0.25, 0.3) is 0 Å². The van der Waals surface area contributed by atoms with Gasteiger partial charge in [0, 0.05) is 25.4 Å². The maximum Gasteiger partial charge on any atom is 0.232 e. The SMILES string of the molecule is Cc1cnc(N2CCCC2=O)nc1. The van der Waals surface area contributed by atoms with Crippen LogP contribution in [0.4, 0.5) is 5.95 Å². The summed E-state index contributed by atoms with van der Waals surface area (Å²) >= 11 is 0. The van der Waals surface area contributed by atoms with Crippen LogP contribution in [0.3, 0.4) is 0 Å².